The molecule has 1 heterocycles. The zero-order valence-corrected chi connectivity index (χ0v) is 13.4. The Bertz CT molecular complexity index is 541. The van der Waals surface area contributed by atoms with E-state index < -0.39 is 17.8 Å². The minimum Gasteiger partial charge on any atom is -0.348 e. The first-order valence-electron chi connectivity index (χ1n) is 6.82. The maximum Gasteiger partial charge on any atom is 0.436 e. The summed E-state index contributed by atoms with van der Waals surface area (Å²) < 4.78 is 39.0. The second-order valence-electron chi connectivity index (χ2n) is 5.47. The largest absolute Gasteiger partial charge is 0.436 e. The average molecular weight is 368 g/mol. The first-order chi connectivity index (χ1) is 9.71. The van der Waals surface area contributed by atoms with E-state index in [2.05, 4.69) is 26.3 Å². The van der Waals surface area contributed by atoms with Gasteiger partial charge in [0.1, 0.15) is 5.69 Å². The van der Waals surface area contributed by atoms with Crippen molar-refractivity contribution in [3.63, 3.8) is 0 Å². The highest BCUT2D eigenvalue weighted by molar-refractivity contribution is 9.10. The van der Waals surface area contributed by atoms with Crippen LogP contribution in [0.15, 0.2) is 4.47 Å². The first kappa shape index (κ1) is 16.3. The van der Waals surface area contributed by atoms with Crippen LogP contribution in [0.3, 0.4) is 0 Å². The molecule has 21 heavy (non-hydrogen) atoms. The minimum absolute atomic E-state index is 0.00221. The SMILES string of the molecule is C[C@H]1CCCC[C@@H]1NC(=O)c1c(Br)c(C(F)(F)F)nn1C. The predicted octanol–water partition coefficient (Wildman–Crippen LogP) is 3.51. The number of nitrogens with zero attached hydrogens (tertiary/aromatic N) is 2. The Morgan fingerprint density at radius 3 is 2.52 bits per heavy atom. The number of rotatable bonds is 2. The van der Waals surface area contributed by atoms with Gasteiger partial charge in [-0.25, -0.2) is 0 Å². The molecule has 0 saturated heterocycles. The highest BCUT2D eigenvalue weighted by Crippen LogP contribution is 2.35. The maximum absolute atomic E-state index is 12.8. The zero-order valence-electron chi connectivity index (χ0n) is 11.8. The number of aryl methyl sites for hydroxylation is 1. The number of hydrogen-bond acceptors (Lipinski definition) is 2. The van der Waals surface area contributed by atoms with E-state index in [0.717, 1.165) is 30.4 Å². The van der Waals surface area contributed by atoms with Gasteiger partial charge in [0.2, 0.25) is 0 Å². The highest BCUT2D eigenvalue weighted by Gasteiger charge is 2.39. The van der Waals surface area contributed by atoms with E-state index >= 15 is 0 Å². The van der Waals surface area contributed by atoms with E-state index in [9.17, 15) is 18.0 Å². The molecular weight excluding hydrogens is 351 g/mol. The fourth-order valence-electron chi connectivity index (χ4n) is 2.69. The maximum atomic E-state index is 12.8. The van der Waals surface area contributed by atoms with E-state index in [1.54, 1.807) is 0 Å². The van der Waals surface area contributed by atoms with Crippen LogP contribution in [0, 0.1) is 5.92 Å². The van der Waals surface area contributed by atoms with Gasteiger partial charge in [0, 0.05) is 13.1 Å². The van der Waals surface area contributed by atoms with Crippen LogP contribution in [0.4, 0.5) is 13.2 Å². The van der Waals surface area contributed by atoms with Crippen molar-refractivity contribution >= 4 is 21.8 Å². The molecule has 1 aromatic rings. The van der Waals surface area contributed by atoms with Crippen LogP contribution < -0.4 is 5.32 Å². The number of alkyl halides is 3. The summed E-state index contributed by atoms with van der Waals surface area (Å²) in [5.41, 5.74) is -1.17. The van der Waals surface area contributed by atoms with E-state index in [1.165, 1.54) is 7.05 Å². The summed E-state index contributed by atoms with van der Waals surface area (Å²) in [5.74, 6) is -0.192. The molecule has 1 N–H and O–H groups in total. The van der Waals surface area contributed by atoms with Crippen LogP contribution in [0.25, 0.3) is 0 Å². The molecule has 1 saturated carbocycles. The van der Waals surface area contributed by atoms with Crippen molar-refractivity contribution in [2.24, 2.45) is 13.0 Å². The molecule has 0 unspecified atom stereocenters. The number of amides is 1. The predicted molar refractivity (Wildman–Crippen MR) is 74.8 cm³/mol. The van der Waals surface area contributed by atoms with Crippen LogP contribution in [0.2, 0.25) is 0 Å². The van der Waals surface area contributed by atoms with Crippen molar-refractivity contribution in [2.75, 3.05) is 0 Å². The third-order valence-electron chi connectivity index (χ3n) is 3.90. The van der Waals surface area contributed by atoms with Crippen LogP contribution in [0.1, 0.15) is 48.8 Å². The third kappa shape index (κ3) is 3.41. The fourth-order valence-corrected chi connectivity index (χ4v) is 3.43. The lowest BCUT2D eigenvalue weighted by Crippen LogP contribution is -2.41. The summed E-state index contributed by atoms with van der Waals surface area (Å²) in [6.45, 7) is 2.05. The van der Waals surface area contributed by atoms with Crippen molar-refractivity contribution in [1.82, 2.24) is 15.1 Å². The van der Waals surface area contributed by atoms with Crippen molar-refractivity contribution in [3.8, 4) is 0 Å². The molecule has 8 heteroatoms. The van der Waals surface area contributed by atoms with Gasteiger partial charge in [-0.15, -0.1) is 0 Å². The van der Waals surface area contributed by atoms with Crippen LogP contribution in [-0.2, 0) is 13.2 Å². The van der Waals surface area contributed by atoms with Gasteiger partial charge in [-0.2, -0.15) is 18.3 Å². The standard InChI is InChI=1S/C13H17BrF3N3O/c1-7-5-3-4-6-8(7)18-12(21)10-9(14)11(13(15,16)17)19-20(10)2/h7-8H,3-6H2,1-2H3,(H,18,21)/t7-,8-/m0/s1. The van der Waals surface area contributed by atoms with Gasteiger partial charge in [0.15, 0.2) is 5.69 Å². The topological polar surface area (TPSA) is 46.9 Å². The number of aromatic nitrogens is 2. The van der Waals surface area contributed by atoms with Gasteiger partial charge in [-0.1, -0.05) is 19.8 Å². The Hall–Kier alpha value is -1.05. The van der Waals surface area contributed by atoms with E-state index in [0.29, 0.717) is 5.92 Å². The molecule has 0 aliphatic heterocycles. The second kappa shape index (κ2) is 5.98. The lowest BCUT2D eigenvalue weighted by Gasteiger charge is -2.29. The second-order valence-corrected chi connectivity index (χ2v) is 6.27. The Morgan fingerprint density at radius 2 is 2.00 bits per heavy atom. The molecule has 0 bridgehead atoms. The number of nitrogens with one attached hydrogen (secondary N) is 1. The third-order valence-corrected chi connectivity index (χ3v) is 4.65. The Kier molecular flexibility index (Phi) is 4.65. The van der Waals surface area contributed by atoms with Gasteiger partial charge in [-0.3, -0.25) is 9.48 Å². The normalized spacial score (nSPS) is 23.1. The molecule has 0 radical (unpaired) electrons. The van der Waals surface area contributed by atoms with Crippen molar-refractivity contribution < 1.29 is 18.0 Å². The van der Waals surface area contributed by atoms with Crippen molar-refractivity contribution in [1.29, 1.82) is 0 Å². The van der Waals surface area contributed by atoms with E-state index in [-0.39, 0.29) is 16.2 Å². The average Bonchev–Trinajstić information content (AvgIpc) is 2.67. The lowest BCUT2D eigenvalue weighted by atomic mass is 9.86. The van der Waals surface area contributed by atoms with Crippen LogP contribution in [-0.4, -0.2) is 21.7 Å². The number of hydrogen-bond donors (Lipinski definition) is 1. The molecule has 2 rings (SSSR count). The monoisotopic (exact) mass is 367 g/mol. The molecule has 1 fully saturated rings. The van der Waals surface area contributed by atoms with Crippen molar-refractivity contribution in [3.05, 3.63) is 15.9 Å². The highest BCUT2D eigenvalue weighted by atomic mass is 79.9. The minimum atomic E-state index is -4.59. The van der Waals surface area contributed by atoms with Gasteiger partial charge in [-0.05, 0) is 34.7 Å². The van der Waals surface area contributed by atoms with Gasteiger partial charge in [0.05, 0.1) is 4.47 Å². The summed E-state index contributed by atoms with van der Waals surface area (Å²) in [6.07, 6.45) is -0.566. The van der Waals surface area contributed by atoms with Gasteiger partial charge >= 0.3 is 6.18 Å². The van der Waals surface area contributed by atoms with Crippen LogP contribution in [0.5, 0.6) is 0 Å². The molecule has 118 valence electrons. The van der Waals surface area contributed by atoms with E-state index in [1.807, 2.05) is 6.92 Å². The molecule has 1 aromatic heterocycles. The summed E-state index contributed by atoms with van der Waals surface area (Å²) >= 11 is 2.85. The molecular formula is C13H17BrF3N3O. The number of halogens is 4. The molecule has 0 aromatic carbocycles. The summed E-state index contributed by atoms with van der Waals surface area (Å²) in [5, 5.41) is 6.23. The molecule has 0 spiro atoms. The number of carbonyl (C=O) groups excluding carboxylic acids is 1. The lowest BCUT2D eigenvalue weighted by molar-refractivity contribution is -0.142. The molecule has 1 aliphatic rings. The molecule has 1 amide bonds. The first-order valence-corrected chi connectivity index (χ1v) is 7.61. The Balaban J connectivity index is 2.21. The smallest absolute Gasteiger partial charge is 0.348 e. The Morgan fingerprint density at radius 1 is 1.38 bits per heavy atom. The fraction of sp³-hybridized carbons (Fsp3) is 0.692. The molecule has 4 nitrogen and oxygen atoms in total. The van der Waals surface area contributed by atoms with Crippen LogP contribution >= 0.6 is 15.9 Å². The summed E-state index contributed by atoms with van der Waals surface area (Å²) in [7, 11) is 1.33. The number of carbonyl (C=O) groups is 1. The molecule has 2 atom stereocenters. The van der Waals surface area contributed by atoms with Gasteiger partial charge in [0.25, 0.3) is 5.91 Å². The van der Waals surface area contributed by atoms with Crippen molar-refractivity contribution in [2.45, 2.75) is 44.8 Å². The summed E-state index contributed by atoms with van der Waals surface area (Å²) in [4.78, 5) is 12.3. The Labute approximate surface area is 129 Å². The quantitative estimate of drug-likeness (QED) is 0.869. The van der Waals surface area contributed by atoms with Gasteiger partial charge < -0.3 is 5.32 Å². The summed E-state index contributed by atoms with van der Waals surface area (Å²) in [6, 6.07) is 0.00221. The molecule has 1 aliphatic carbocycles. The zero-order chi connectivity index (χ0) is 15.8. The van der Waals surface area contributed by atoms with E-state index in [4.69, 9.17) is 0 Å².